The molecule has 154 valence electrons. The van der Waals surface area contributed by atoms with Gasteiger partial charge in [-0.2, -0.15) is 0 Å². The van der Waals surface area contributed by atoms with E-state index in [0.29, 0.717) is 5.91 Å². The maximum absolute atomic E-state index is 13.1. The Kier molecular flexibility index (Phi) is 7.48. The van der Waals surface area contributed by atoms with Gasteiger partial charge in [0, 0.05) is 26.2 Å². The molecule has 4 heterocycles. The summed E-state index contributed by atoms with van der Waals surface area (Å²) in [5, 5.41) is 6.41. The van der Waals surface area contributed by atoms with Crippen molar-refractivity contribution < 1.29 is 4.79 Å². The van der Waals surface area contributed by atoms with Crippen molar-refractivity contribution in [1.29, 1.82) is 0 Å². The van der Waals surface area contributed by atoms with Gasteiger partial charge in [-0.15, -0.1) is 23.7 Å². The van der Waals surface area contributed by atoms with Gasteiger partial charge in [-0.1, -0.05) is 0 Å². The summed E-state index contributed by atoms with van der Waals surface area (Å²) < 4.78 is 0. The number of likely N-dealkylation sites (tertiary alicyclic amines) is 1. The van der Waals surface area contributed by atoms with E-state index in [1.807, 2.05) is 7.05 Å². The molecular formula is C20H30ClN5OS. The second-order valence-corrected chi connectivity index (χ2v) is 8.68. The predicted molar refractivity (Wildman–Crippen MR) is 117 cm³/mol. The fourth-order valence-corrected chi connectivity index (χ4v) is 5.18. The first kappa shape index (κ1) is 21.3. The van der Waals surface area contributed by atoms with Gasteiger partial charge in [-0.3, -0.25) is 4.79 Å². The van der Waals surface area contributed by atoms with Crippen LogP contribution < -0.4 is 10.2 Å². The van der Waals surface area contributed by atoms with Gasteiger partial charge >= 0.3 is 0 Å². The van der Waals surface area contributed by atoms with Crippen molar-refractivity contribution >= 4 is 45.7 Å². The highest BCUT2D eigenvalue weighted by Crippen LogP contribution is 2.31. The van der Waals surface area contributed by atoms with E-state index < -0.39 is 0 Å². The Morgan fingerprint density at radius 1 is 1.25 bits per heavy atom. The molecule has 2 aromatic heterocycles. The van der Waals surface area contributed by atoms with Gasteiger partial charge in [0.2, 0.25) is 5.91 Å². The van der Waals surface area contributed by atoms with E-state index in [1.165, 1.54) is 6.42 Å². The first-order chi connectivity index (χ1) is 13.3. The van der Waals surface area contributed by atoms with Crippen molar-refractivity contribution in [2.45, 2.75) is 32.1 Å². The van der Waals surface area contributed by atoms with Crippen molar-refractivity contribution in [2.75, 3.05) is 44.7 Å². The molecule has 1 amide bonds. The van der Waals surface area contributed by atoms with Crippen LogP contribution in [0.3, 0.4) is 0 Å². The van der Waals surface area contributed by atoms with Crippen molar-refractivity contribution in [1.82, 2.24) is 20.2 Å². The molecule has 1 atom stereocenters. The lowest BCUT2D eigenvalue weighted by atomic mass is 9.91. The zero-order chi connectivity index (χ0) is 18.6. The molecular weight excluding hydrogens is 394 g/mol. The largest absolute Gasteiger partial charge is 0.355 e. The topological polar surface area (TPSA) is 61.4 Å². The van der Waals surface area contributed by atoms with Gasteiger partial charge < -0.3 is 15.1 Å². The van der Waals surface area contributed by atoms with E-state index in [0.717, 1.165) is 80.4 Å². The van der Waals surface area contributed by atoms with Crippen LogP contribution >= 0.6 is 23.7 Å². The molecule has 4 rings (SSSR count). The van der Waals surface area contributed by atoms with Gasteiger partial charge in [0.05, 0.1) is 11.3 Å². The Hall–Kier alpha value is -1.44. The third kappa shape index (κ3) is 4.58. The van der Waals surface area contributed by atoms with Crippen LogP contribution in [0.15, 0.2) is 17.8 Å². The van der Waals surface area contributed by atoms with E-state index in [2.05, 4.69) is 36.5 Å². The van der Waals surface area contributed by atoms with Gasteiger partial charge in [-0.05, 0) is 63.1 Å². The van der Waals surface area contributed by atoms with Crippen LogP contribution in [0, 0.1) is 11.8 Å². The average Bonchev–Trinajstić information content (AvgIpc) is 3.21. The van der Waals surface area contributed by atoms with E-state index in [4.69, 9.17) is 0 Å². The summed E-state index contributed by atoms with van der Waals surface area (Å²) in [6.45, 7) is 4.67. The maximum Gasteiger partial charge on any atom is 0.227 e. The number of amides is 1. The van der Waals surface area contributed by atoms with Gasteiger partial charge in [-0.25, -0.2) is 9.97 Å². The van der Waals surface area contributed by atoms with Gasteiger partial charge in [0.1, 0.15) is 17.0 Å². The number of nitrogens with one attached hydrogen (secondary N) is 1. The van der Waals surface area contributed by atoms with E-state index in [1.54, 1.807) is 17.7 Å². The number of rotatable bonds is 5. The highest BCUT2D eigenvalue weighted by Gasteiger charge is 2.32. The molecule has 2 saturated heterocycles. The van der Waals surface area contributed by atoms with Crippen LogP contribution in [0.2, 0.25) is 0 Å². The molecule has 0 aliphatic carbocycles. The summed E-state index contributed by atoms with van der Waals surface area (Å²) >= 11 is 1.64. The standard InChI is InChI=1S/C20H29N5OS.ClH/c1-21-8-4-15-5-10-24(11-6-15)20(26)16-3-2-9-25(13-16)18-17-7-12-27-19(17)23-14-22-18;/h7,12,14-16,21H,2-6,8-11,13H2,1H3;1H. The van der Waals surface area contributed by atoms with Gasteiger partial charge in [0.25, 0.3) is 0 Å². The highest BCUT2D eigenvalue weighted by molar-refractivity contribution is 7.16. The summed E-state index contributed by atoms with van der Waals surface area (Å²) in [4.78, 5) is 27.4. The lowest BCUT2D eigenvalue weighted by molar-refractivity contribution is -0.137. The van der Waals surface area contributed by atoms with Crippen LogP contribution in [0.25, 0.3) is 10.2 Å². The van der Waals surface area contributed by atoms with Crippen molar-refractivity contribution in [3.63, 3.8) is 0 Å². The smallest absolute Gasteiger partial charge is 0.227 e. The number of carbonyl (C=O) groups is 1. The summed E-state index contributed by atoms with van der Waals surface area (Å²) in [7, 11) is 2.01. The van der Waals surface area contributed by atoms with E-state index >= 15 is 0 Å². The van der Waals surface area contributed by atoms with Crippen molar-refractivity contribution in [2.24, 2.45) is 11.8 Å². The van der Waals surface area contributed by atoms with Crippen LogP contribution in [-0.2, 0) is 4.79 Å². The number of fused-ring (bicyclic) bond motifs is 1. The van der Waals surface area contributed by atoms with Crippen LogP contribution in [-0.4, -0.2) is 60.5 Å². The molecule has 2 aliphatic rings. The molecule has 0 radical (unpaired) electrons. The molecule has 28 heavy (non-hydrogen) atoms. The number of carbonyl (C=O) groups excluding carboxylic acids is 1. The summed E-state index contributed by atoms with van der Waals surface area (Å²) in [6.07, 6.45) is 7.20. The molecule has 0 spiro atoms. The number of hydrogen-bond acceptors (Lipinski definition) is 6. The second kappa shape index (κ2) is 9.85. The first-order valence-electron chi connectivity index (χ1n) is 10.1. The molecule has 2 fully saturated rings. The molecule has 0 aromatic carbocycles. The lowest BCUT2D eigenvalue weighted by Crippen LogP contribution is -2.47. The number of piperidine rings is 2. The Labute approximate surface area is 177 Å². The molecule has 2 aromatic rings. The predicted octanol–water partition coefficient (Wildman–Crippen LogP) is 3.18. The second-order valence-electron chi connectivity index (χ2n) is 7.78. The minimum Gasteiger partial charge on any atom is -0.355 e. The molecule has 0 saturated carbocycles. The number of nitrogens with zero attached hydrogens (tertiary/aromatic N) is 4. The molecule has 1 unspecified atom stereocenters. The zero-order valence-corrected chi connectivity index (χ0v) is 18.1. The number of anilines is 1. The Morgan fingerprint density at radius 3 is 2.86 bits per heavy atom. The van der Waals surface area contributed by atoms with Crippen LogP contribution in [0.4, 0.5) is 5.82 Å². The quantitative estimate of drug-likeness (QED) is 0.800. The Morgan fingerprint density at radius 2 is 2.07 bits per heavy atom. The molecule has 2 aliphatic heterocycles. The third-order valence-corrected chi connectivity index (χ3v) is 6.86. The first-order valence-corrected chi connectivity index (χ1v) is 11.0. The summed E-state index contributed by atoms with van der Waals surface area (Å²) in [5.74, 6) is 2.19. The lowest BCUT2D eigenvalue weighted by Gasteiger charge is -2.38. The van der Waals surface area contributed by atoms with Gasteiger partial charge in [0.15, 0.2) is 0 Å². The minimum absolute atomic E-state index is 0. The number of halogens is 1. The van der Waals surface area contributed by atoms with E-state index in [-0.39, 0.29) is 18.3 Å². The summed E-state index contributed by atoms with van der Waals surface area (Å²) in [6, 6.07) is 2.09. The average molecular weight is 424 g/mol. The number of hydrogen-bond donors (Lipinski definition) is 1. The maximum atomic E-state index is 13.1. The molecule has 8 heteroatoms. The number of aromatic nitrogens is 2. The fourth-order valence-electron chi connectivity index (χ4n) is 4.45. The van der Waals surface area contributed by atoms with Crippen LogP contribution in [0.5, 0.6) is 0 Å². The molecule has 1 N–H and O–H groups in total. The molecule has 0 bridgehead atoms. The van der Waals surface area contributed by atoms with E-state index in [9.17, 15) is 4.79 Å². The Balaban J connectivity index is 0.00000225. The SMILES string of the molecule is CNCCC1CCN(C(=O)C2CCCN(c3ncnc4sccc34)C2)CC1.Cl. The monoisotopic (exact) mass is 423 g/mol. The Bertz CT molecular complexity index is 777. The minimum atomic E-state index is 0. The highest BCUT2D eigenvalue weighted by atomic mass is 35.5. The van der Waals surface area contributed by atoms with Crippen molar-refractivity contribution in [3.05, 3.63) is 17.8 Å². The third-order valence-electron chi connectivity index (χ3n) is 6.04. The fraction of sp³-hybridized carbons (Fsp3) is 0.650. The zero-order valence-electron chi connectivity index (χ0n) is 16.5. The van der Waals surface area contributed by atoms with Crippen LogP contribution in [0.1, 0.15) is 32.1 Å². The molecule has 6 nitrogen and oxygen atoms in total. The summed E-state index contributed by atoms with van der Waals surface area (Å²) in [5.41, 5.74) is 0. The number of thiophene rings is 1. The van der Waals surface area contributed by atoms with Crippen molar-refractivity contribution in [3.8, 4) is 0 Å². The normalized spacial score (nSPS) is 21.0.